The number of benzene rings is 3. The Morgan fingerprint density at radius 3 is 1.20 bits per heavy atom. The van der Waals surface area contributed by atoms with Gasteiger partial charge in [-0.1, -0.05) is 55.7 Å². The van der Waals surface area contributed by atoms with Crippen molar-refractivity contribution in [3.8, 4) is 23.7 Å². The van der Waals surface area contributed by atoms with Crippen molar-refractivity contribution in [1.29, 1.82) is 0 Å². The first-order valence-corrected chi connectivity index (χ1v) is 8.72. The second kappa shape index (κ2) is 10.1. The van der Waals surface area contributed by atoms with Crippen LogP contribution in [0.3, 0.4) is 0 Å². The van der Waals surface area contributed by atoms with Crippen LogP contribution in [0, 0.1) is 23.7 Å². The van der Waals surface area contributed by atoms with E-state index in [1.54, 1.807) is 0 Å². The summed E-state index contributed by atoms with van der Waals surface area (Å²) in [7, 11) is 0. The summed E-state index contributed by atoms with van der Waals surface area (Å²) in [5.41, 5.74) is 3.96. The zero-order valence-corrected chi connectivity index (χ0v) is 15.3. The van der Waals surface area contributed by atoms with Gasteiger partial charge in [0.15, 0.2) is 0 Å². The van der Waals surface area contributed by atoms with Gasteiger partial charge in [-0.05, 0) is 60.7 Å². The Kier molecular flexibility index (Phi) is 7.45. The maximum absolute atomic E-state index is 4.27. The standard InChI is InChI=1S/C22H14S.C2H6/c23-22-16-14-21(15-17-22)13-12-20-10-8-19(9-11-20)7-6-18-4-2-1-3-5-18;1-2/h1-5,8-11,14-17,23H;1-2H3. The molecule has 3 aromatic carbocycles. The Morgan fingerprint density at radius 2 is 0.800 bits per heavy atom. The third-order valence-corrected chi connectivity index (χ3v) is 3.53. The second-order valence-corrected chi connectivity index (χ2v) is 5.51. The normalized spacial score (nSPS) is 8.76. The lowest BCUT2D eigenvalue weighted by molar-refractivity contribution is 1.46. The maximum atomic E-state index is 4.27. The lowest BCUT2D eigenvalue weighted by atomic mass is 10.1. The van der Waals surface area contributed by atoms with Gasteiger partial charge < -0.3 is 0 Å². The predicted octanol–water partition coefficient (Wildman–Crippen LogP) is 5.80. The molecule has 0 N–H and O–H groups in total. The first kappa shape index (κ1) is 18.5. The monoisotopic (exact) mass is 340 g/mol. The fourth-order valence-corrected chi connectivity index (χ4v) is 2.14. The summed E-state index contributed by atoms with van der Waals surface area (Å²) in [6, 6.07) is 25.8. The third-order valence-electron chi connectivity index (χ3n) is 3.23. The molecular weight excluding hydrogens is 320 g/mol. The Hall–Kier alpha value is -2.87. The highest BCUT2D eigenvalue weighted by molar-refractivity contribution is 7.80. The van der Waals surface area contributed by atoms with E-state index in [-0.39, 0.29) is 0 Å². The van der Waals surface area contributed by atoms with E-state index in [1.165, 1.54) is 0 Å². The molecule has 0 bridgehead atoms. The molecule has 0 aliphatic heterocycles. The Balaban J connectivity index is 0.00000109. The van der Waals surface area contributed by atoms with Crippen LogP contribution in [0.4, 0.5) is 0 Å². The van der Waals surface area contributed by atoms with Gasteiger partial charge in [0.05, 0.1) is 0 Å². The highest BCUT2D eigenvalue weighted by atomic mass is 32.1. The van der Waals surface area contributed by atoms with Gasteiger partial charge >= 0.3 is 0 Å². The van der Waals surface area contributed by atoms with Crippen molar-refractivity contribution in [2.24, 2.45) is 0 Å². The molecule has 3 aromatic rings. The fraction of sp³-hybridized carbons (Fsp3) is 0.0833. The topological polar surface area (TPSA) is 0 Å². The van der Waals surface area contributed by atoms with E-state index < -0.39 is 0 Å². The van der Waals surface area contributed by atoms with Crippen LogP contribution in [0.5, 0.6) is 0 Å². The van der Waals surface area contributed by atoms with Gasteiger partial charge in [0.1, 0.15) is 0 Å². The van der Waals surface area contributed by atoms with E-state index in [2.05, 4.69) is 36.3 Å². The van der Waals surface area contributed by atoms with Gasteiger partial charge in [-0.2, -0.15) is 0 Å². The van der Waals surface area contributed by atoms with E-state index in [0.717, 1.165) is 27.1 Å². The molecule has 0 spiro atoms. The molecule has 0 aliphatic rings. The molecule has 3 rings (SSSR count). The summed E-state index contributed by atoms with van der Waals surface area (Å²) in [5.74, 6) is 12.6. The Labute approximate surface area is 156 Å². The zero-order valence-electron chi connectivity index (χ0n) is 14.5. The van der Waals surface area contributed by atoms with Crippen LogP contribution in [0.25, 0.3) is 0 Å². The summed E-state index contributed by atoms with van der Waals surface area (Å²) in [6.45, 7) is 4.00. The van der Waals surface area contributed by atoms with Crippen LogP contribution >= 0.6 is 12.6 Å². The minimum absolute atomic E-state index is 0.942. The lowest BCUT2D eigenvalue weighted by Gasteiger charge is -1.93. The Morgan fingerprint density at radius 1 is 0.480 bits per heavy atom. The van der Waals surface area contributed by atoms with Crippen molar-refractivity contribution in [3.63, 3.8) is 0 Å². The minimum Gasteiger partial charge on any atom is -0.143 e. The van der Waals surface area contributed by atoms with Crippen molar-refractivity contribution in [2.75, 3.05) is 0 Å². The predicted molar refractivity (Wildman–Crippen MR) is 110 cm³/mol. The van der Waals surface area contributed by atoms with Crippen LogP contribution < -0.4 is 0 Å². The molecular formula is C24H20S. The van der Waals surface area contributed by atoms with E-state index in [1.807, 2.05) is 92.7 Å². The quantitative estimate of drug-likeness (QED) is 0.388. The van der Waals surface area contributed by atoms with Crippen molar-refractivity contribution in [3.05, 3.63) is 101 Å². The average molecular weight is 340 g/mol. The molecule has 1 heteroatoms. The molecule has 0 radical (unpaired) electrons. The molecule has 0 atom stereocenters. The molecule has 0 saturated heterocycles. The molecule has 0 saturated carbocycles. The molecule has 0 aliphatic carbocycles. The molecule has 122 valence electrons. The van der Waals surface area contributed by atoms with E-state index in [4.69, 9.17) is 0 Å². The summed E-state index contributed by atoms with van der Waals surface area (Å²) in [4.78, 5) is 0.942. The third kappa shape index (κ3) is 6.27. The Bertz CT molecular complexity index is 898. The van der Waals surface area contributed by atoms with Gasteiger partial charge in [0.2, 0.25) is 0 Å². The molecule has 0 unspecified atom stereocenters. The van der Waals surface area contributed by atoms with E-state index >= 15 is 0 Å². The second-order valence-electron chi connectivity index (χ2n) is 4.99. The van der Waals surface area contributed by atoms with Crippen molar-refractivity contribution < 1.29 is 0 Å². The van der Waals surface area contributed by atoms with Gasteiger partial charge in [-0.15, -0.1) is 12.6 Å². The number of thiol groups is 1. The molecule has 0 nitrogen and oxygen atoms in total. The van der Waals surface area contributed by atoms with E-state index in [0.29, 0.717) is 0 Å². The van der Waals surface area contributed by atoms with Crippen molar-refractivity contribution in [2.45, 2.75) is 18.7 Å². The van der Waals surface area contributed by atoms with Gasteiger partial charge in [-0.25, -0.2) is 0 Å². The first-order valence-electron chi connectivity index (χ1n) is 8.28. The van der Waals surface area contributed by atoms with Crippen LogP contribution in [0.1, 0.15) is 36.1 Å². The minimum atomic E-state index is 0.942. The molecule has 25 heavy (non-hydrogen) atoms. The average Bonchev–Trinajstić information content (AvgIpc) is 2.69. The van der Waals surface area contributed by atoms with Gasteiger partial charge in [0, 0.05) is 27.1 Å². The molecule has 0 fully saturated rings. The zero-order chi connectivity index (χ0) is 17.9. The lowest BCUT2D eigenvalue weighted by Crippen LogP contribution is -1.79. The number of hydrogen-bond donors (Lipinski definition) is 1. The first-order chi connectivity index (χ1) is 12.3. The molecule has 0 amide bonds. The SMILES string of the molecule is CC.Sc1ccc(C#Cc2ccc(C#Cc3ccccc3)cc2)cc1. The van der Waals surface area contributed by atoms with Crippen LogP contribution in [-0.2, 0) is 0 Å². The van der Waals surface area contributed by atoms with Gasteiger partial charge in [0.25, 0.3) is 0 Å². The molecule has 0 heterocycles. The highest BCUT2D eigenvalue weighted by Gasteiger charge is 1.90. The molecule has 0 aromatic heterocycles. The van der Waals surface area contributed by atoms with E-state index in [9.17, 15) is 0 Å². The summed E-state index contributed by atoms with van der Waals surface area (Å²) in [6.07, 6.45) is 0. The summed E-state index contributed by atoms with van der Waals surface area (Å²) >= 11 is 4.27. The van der Waals surface area contributed by atoms with Crippen LogP contribution in [-0.4, -0.2) is 0 Å². The number of hydrogen-bond acceptors (Lipinski definition) is 1. The van der Waals surface area contributed by atoms with Crippen molar-refractivity contribution >= 4 is 12.6 Å². The smallest absolute Gasteiger partial charge is 0.0249 e. The summed E-state index contributed by atoms with van der Waals surface area (Å²) < 4.78 is 0. The van der Waals surface area contributed by atoms with Crippen molar-refractivity contribution in [1.82, 2.24) is 0 Å². The highest BCUT2D eigenvalue weighted by Crippen LogP contribution is 2.07. The maximum Gasteiger partial charge on any atom is 0.0249 e. The number of rotatable bonds is 0. The van der Waals surface area contributed by atoms with Gasteiger partial charge in [-0.3, -0.25) is 0 Å². The van der Waals surface area contributed by atoms with Crippen LogP contribution in [0.15, 0.2) is 83.8 Å². The van der Waals surface area contributed by atoms with Crippen LogP contribution in [0.2, 0.25) is 0 Å². The largest absolute Gasteiger partial charge is 0.143 e. The fourth-order valence-electron chi connectivity index (χ4n) is 1.99. The summed E-state index contributed by atoms with van der Waals surface area (Å²) in [5, 5.41) is 0.